The van der Waals surface area contributed by atoms with Gasteiger partial charge in [-0.3, -0.25) is 0 Å². The van der Waals surface area contributed by atoms with Gasteiger partial charge in [0.1, 0.15) is 5.82 Å². The quantitative estimate of drug-likeness (QED) is 0.577. The Labute approximate surface area is 155 Å². The predicted octanol–water partition coefficient (Wildman–Crippen LogP) is 5.76. The average Bonchev–Trinajstić information content (AvgIpc) is 2.96. The third-order valence-electron chi connectivity index (χ3n) is 5.16. The molecule has 0 radical (unpaired) electrons. The molecule has 0 spiro atoms. The molecule has 1 aliphatic rings. The van der Waals surface area contributed by atoms with Gasteiger partial charge < -0.3 is 10.6 Å². The topological polar surface area (TPSA) is 49.8 Å². The molecule has 4 rings (SSSR count). The number of hydrogen-bond acceptors (Lipinski definition) is 4. The smallest absolute Gasteiger partial charge is 0.225 e. The molecule has 0 aliphatic heterocycles. The molecule has 1 fully saturated rings. The number of aromatic nitrogens is 2. The fraction of sp³-hybridized carbons (Fsp3) is 0.364. The molecular formula is C22H26N4. The zero-order chi connectivity index (χ0) is 17.6. The SMILES string of the molecule is c1ccc(Nc2nc(NCC3CCCCCC3)nc3ccccc23)cc1. The Morgan fingerprint density at radius 3 is 2.35 bits per heavy atom. The maximum Gasteiger partial charge on any atom is 0.225 e. The van der Waals surface area contributed by atoms with Crippen LogP contribution in [0, 0.1) is 5.92 Å². The average molecular weight is 346 g/mol. The van der Waals surface area contributed by atoms with Gasteiger partial charge in [-0.15, -0.1) is 0 Å². The molecule has 3 aromatic rings. The number of anilines is 3. The van der Waals surface area contributed by atoms with Crippen LogP contribution in [-0.2, 0) is 0 Å². The van der Waals surface area contributed by atoms with Gasteiger partial charge in [-0.2, -0.15) is 4.98 Å². The molecule has 0 unspecified atom stereocenters. The highest BCUT2D eigenvalue weighted by Crippen LogP contribution is 2.26. The van der Waals surface area contributed by atoms with Crippen LogP contribution in [0.1, 0.15) is 38.5 Å². The lowest BCUT2D eigenvalue weighted by atomic mass is 10.0. The zero-order valence-electron chi connectivity index (χ0n) is 15.1. The lowest BCUT2D eigenvalue weighted by molar-refractivity contribution is 0.482. The first-order valence-electron chi connectivity index (χ1n) is 9.71. The molecule has 1 aliphatic carbocycles. The number of rotatable bonds is 5. The van der Waals surface area contributed by atoms with Gasteiger partial charge in [-0.05, 0) is 43.0 Å². The third-order valence-corrected chi connectivity index (χ3v) is 5.16. The standard InChI is InChI=1S/C22H26N4/c1-2-5-11-17(10-4-1)16-23-22-25-20-15-9-8-14-19(20)21(26-22)24-18-12-6-3-7-13-18/h3,6-9,12-15,17H,1-2,4-5,10-11,16H2,(H2,23,24,25,26). The van der Waals surface area contributed by atoms with Gasteiger partial charge in [0.25, 0.3) is 0 Å². The van der Waals surface area contributed by atoms with Crippen LogP contribution in [0.2, 0.25) is 0 Å². The first-order chi connectivity index (χ1) is 12.9. The van der Waals surface area contributed by atoms with Gasteiger partial charge in [0, 0.05) is 17.6 Å². The lowest BCUT2D eigenvalue weighted by Crippen LogP contribution is -2.15. The molecule has 2 N–H and O–H groups in total. The van der Waals surface area contributed by atoms with Crippen molar-refractivity contribution in [1.82, 2.24) is 9.97 Å². The van der Waals surface area contributed by atoms with Crippen molar-refractivity contribution < 1.29 is 0 Å². The Kier molecular flexibility index (Phi) is 5.29. The van der Waals surface area contributed by atoms with Gasteiger partial charge in [0.05, 0.1) is 5.52 Å². The predicted molar refractivity (Wildman–Crippen MR) is 109 cm³/mol. The first kappa shape index (κ1) is 16.8. The summed E-state index contributed by atoms with van der Waals surface area (Å²) in [5, 5.41) is 7.98. The van der Waals surface area contributed by atoms with Crippen LogP contribution in [0.5, 0.6) is 0 Å². The van der Waals surface area contributed by atoms with Gasteiger partial charge in [-0.25, -0.2) is 4.98 Å². The van der Waals surface area contributed by atoms with E-state index in [-0.39, 0.29) is 0 Å². The normalized spacial score (nSPS) is 15.5. The molecule has 1 heterocycles. The number of nitrogens with one attached hydrogen (secondary N) is 2. The maximum atomic E-state index is 4.77. The first-order valence-corrected chi connectivity index (χ1v) is 9.71. The van der Waals surface area contributed by atoms with E-state index in [0.29, 0.717) is 5.95 Å². The van der Waals surface area contributed by atoms with E-state index in [9.17, 15) is 0 Å². The van der Waals surface area contributed by atoms with E-state index in [1.165, 1.54) is 38.5 Å². The summed E-state index contributed by atoms with van der Waals surface area (Å²) in [6.45, 7) is 0.961. The maximum absolute atomic E-state index is 4.77. The van der Waals surface area contributed by atoms with E-state index in [0.717, 1.165) is 34.9 Å². The number of hydrogen-bond donors (Lipinski definition) is 2. The molecule has 0 saturated heterocycles. The summed E-state index contributed by atoms with van der Waals surface area (Å²) in [7, 11) is 0. The van der Waals surface area contributed by atoms with Crippen LogP contribution in [0.4, 0.5) is 17.5 Å². The number of nitrogens with zero attached hydrogens (tertiary/aromatic N) is 2. The Balaban J connectivity index is 1.56. The van der Waals surface area contributed by atoms with Crippen molar-refractivity contribution in [3.63, 3.8) is 0 Å². The van der Waals surface area contributed by atoms with Crippen LogP contribution >= 0.6 is 0 Å². The van der Waals surface area contributed by atoms with Crippen molar-refractivity contribution >= 4 is 28.4 Å². The van der Waals surface area contributed by atoms with E-state index in [1.54, 1.807) is 0 Å². The third kappa shape index (κ3) is 4.13. The monoisotopic (exact) mass is 346 g/mol. The molecule has 0 atom stereocenters. The minimum absolute atomic E-state index is 0.714. The molecule has 1 aromatic heterocycles. The highest BCUT2D eigenvalue weighted by Gasteiger charge is 2.13. The lowest BCUT2D eigenvalue weighted by Gasteiger charge is -2.16. The molecule has 4 heteroatoms. The second-order valence-electron chi connectivity index (χ2n) is 7.14. The molecule has 0 bridgehead atoms. The molecule has 26 heavy (non-hydrogen) atoms. The largest absolute Gasteiger partial charge is 0.354 e. The molecule has 134 valence electrons. The van der Waals surface area contributed by atoms with Gasteiger partial charge in [-0.1, -0.05) is 56.0 Å². The van der Waals surface area contributed by atoms with Gasteiger partial charge in [0.15, 0.2) is 0 Å². The Morgan fingerprint density at radius 2 is 1.54 bits per heavy atom. The second-order valence-corrected chi connectivity index (χ2v) is 7.14. The number of para-hydroxylation sites is 2. The van der Waals surface area contributed by atoms with E-state index in [2.05, 4.69) is 28.8 Å². The minimum atomic E-state index is 0.714. The summed E-state index contributed by atoms with van der Waals surface area (Å²) in [5.41, 5.74) is 2.00. The van der Waals surface area contributed by atoms with Crippen LogP contribution in [0.25, 0.3) is 10.9 Å². The Hall–Kier alpha value is -2.62. The Morgan fingerprint density at radius 1 is 0.808 bits per heavy atom. The molecule has 1 saturated carbocycles. The Bertz CT molecular complexity index is 839. The van der Waals surface area contributed by atoms with Gasteiger partial charge in [0.2, 0.25) is 5.95 Å². The highest BCUT2D eigenvalue weighted by atomic mass is 15.1. The highest BCUT2D eigenvalue weighted by molar-refractivity contribution is 5.91. The van der Waals surface area contributed by atoms with E-state index in [1.807, 2.05) is 36.4 Å². The summed E-state index contributed by atoms with van der Waals surface area (Å²) in [6, 6.07) is 18.3. The van der Waals surface area contributed by atoms with E-state index in [4.69, 9.17) is 9.97 Å². The minimum Gasteiger partial charge on any atom is -0.354 e. The van der Waals surface area contributed by atoms with Crippen molar-refractivity contribution in [2.24, 2.45) is 5.92 Å². The summed E-state index contributed by atoms with van der Waals surface area (Å²) in [4.78, 5) is 9.49. The number of benzene rings is 2. The van der Waals surface area contributed by atoms with Crippen LogP contribution < -0.4 is 10.6 Å². The summed E-state index contributed by atoms with van der Waals surface area (Å²) in [5.74, 6) is 2.30. The molecule has 2 aromatic carbocycles. The number of fused-ring (bicyclic) bond motifs is 1. The van der Waals surface area contributed by atoms with Crippen LogP contribution in [0.15, 0.2) is 54.6 Å². The molecule has 4 nitrogen and oxygen atoms in total. The summed E-state index contributed by atoms with van der Waals surface area (Å²) >= 11 is 0. The second kappa shape index (κ2) is 8.17. The van der Waals surface area contributed by atoms with E-state index >= 15 is 0 Å². The van der Waals surface area contributed by atoms with Crippen molar-refractivity contribution in [2.75, 3.05) is 17.2 Å². The van der Waals surface area contributed by atoms with Crippen LogP contribution in [-0.4, -0.2) is 16.5 Å². The fourth-order valence-electron chi connectivity index (χ4n) is 3.71. The fourth-order valence-corrected chi connectivity index (χ4v) is 3.71. The van der Waals surface area contributed by atoms with Crippen molar-refractivity contribution in [3.8, 4) is 0 Å². The zero-order valence-corrected chi connectivity index (χ0v) is 15.1. The summed E-state index contributed by atoms with van der Waals surface area (Å²) in [6.07, 6.45) is 8.10. The van der Waals surface area contributed by atoms with Crippen LogP contribution in [0.3, 0.4) is 0 Å². The van der Waals surface area contributed by atoms with Crippen molar-refractivity contribution in [1.29, 1.82) is 0 Å². The molecular weight excluding hydrogens is 320 g/mol. The van der Waals surface area contributed by atoms with Crippen molar-refractivity contribution in [3.05, 3.63) is 54.6 Å². The van der Waals surface area contributed by atoms with Crippen molar-refractivity contribution in [2.45, 2.75) is 38.5 Å². The van der Waals surface area contributed by atoms with E-state index < -0.39 is 0 Å². The summed E-state index contributed by atoms with van der Waals surface area (Å²) < 4.78 is 0. The van der Waals surface area contributed by atoms with Gasteiger partial charge >= 0.3 is 0 Å². The molecule has 0 amide bonds.